The highest BCUT2D eigenvalue weighted by Gasteiger charge is 2.08. The van der Waals surface area contributed by atoms with E-state index in [-0.39, 0.29) is 5.82 Å². The average molecular weight is 232 g/mol. The van der Waals surface area contributed by atoms with E-state index >= 15 is 0 Å². The smallest absolute Gasteiger partial charge is 0.153 e. The quantitative estimate of drug-likeness (QED) is 0.823. The highest BCUT2D eigenvalue weighted by Crippen LogP contribution is 2.12. The molecule has 0 fully saturated rings. The van der Waals surface area contributed by atoms with Crippen molar-refractivity contribution >= 4 is 6.29 Å². The summed E-state index contributed by atoms with van der Waals surface area (Å²) in [6, 6.07) is 6.36. The first-order valence-corrected chi connectivity index (χ1v) is 5.44. The Morgan fingerprint density at radius 2 is 2.00 bits per heavy atom. The summed E-state index contributed by atoms with van der Waals surface area (Å²) >= 11 is 0. The van der Waals surface area contributed by atoms with E-state index in [9.17, 15) is 9.18 Å². The number of aromatic amines is 1. The van der Waals surface area contributed by atoms with Crippen LogP contribution >= 0.6 is 0 Å². The monoisotopic (exact) mass is 232 g/mol. The first kappa shape index (κ1) is 11.5. The topological polar surface area (TPSA) is 45.8 Å². The van der Waals surface area contributed by atoms with Gasteiger partial charge in [-0.25, -0.2) is 4.39 Å². The molecule has 0 atom stereocenters. The van der Waals surface area contributed by atoms with Crippen molar-refractivity contribution in [2.75, 3.05) is 0 Å². The Bertz CT molecular complexity index is 517. The van der Waals surface area contributed by atoms with E-state index in [1.807, 2.05) is 6.92 Å². The van der Waals surface area contributed by atoms with E-state index in [0.29, 0.717) is 12.0 Å². The molecule has 1 aromatic carbocycles. The maximum absolute atomic E-state index is 12.7. The second-order valence-electron chi connectivity index (χ2n) is 3.95. The lowest BCUT2D eigenvalue weighted by molar-refractivity contribution is 0.112. The second kappa shape index (κ2) is 4.91. The number of halogens is 1. The molecule has 4 heteroatoms. The molecule has 88 valence electrons. The Morgan fingerprint density at radius 3 is 2.65 bits per heavy atom. The molecule has 0 saturated heterocycles. The first-order chi connectivity index (χ1) is 8.20. The van der Waals surface area contributed by atoms with Crippen molar-refractivity contribution in [3.63, 3.8) is 0 Å². The van der Waals surface area contributed by atoms with Gasteiger partial charge in [-0.3, -0.25) is 9.89 Å². The number of aryl methyl sites for hydroxylation is 3. The van der Waals surface area contributed by atoms with Crippen molar-refractivity contribution in [3.8, 4) is 0 Å². The Labute approximate surface area is 98.7 Å². The highest BCUT2D eigenvalue weighted by atomic mass is 19.1. The number of aldehydes is 1. The maximum Gasteiger partial charge on any atom is 0.153 e. The third-order valence-corrected chi connectivity index (χ3v) is 2.76. The first-order valence-electron chi connectivity index (χ1n) is 5.44. The second-order valence-corrected chi connectivity index (χ2v) is 3.95. The zero-order valence-electron chi connectivity index (χ0n) is 9.53. The van der Waals surface area contributed by atoms with Gasteiger partial charge in [0.05, 0.1) is 11.3 Å². The van der Waals surface area contributed by atoms with Crippen LogP contribution in [0.2, 0.25) is 0 Å². The van der Waals surface area contributed by atoms with Crippen molar-refractivity contribution in [1.82, 2.24) is 10.2 Å². The minimum atomic E-state index is -0.238. The number of nitrogens with one attached hydrogen (secondary N) is 1. The van der Waals surface area contributed by atoms with Crippen LogP contribution in [0.5, 0.6) is 0 Å². The third kappa shape index (κ3) is 2.58. The van der Waals surface area contributed by atoms with Crippen LogP contribution in [-0.4, -0.2) is 16.5 Å². The lowest BCUT2D eigenvalue weighted by Gasteiger charge is -2.00. The predicted molar refractivity (Wildman–Crippen MR) is 62.5 cm³/mol. The van der Waals surface area contributed by atoms with Gasteiger partial charge in [0, 0.05) is 5.69 Å². The lowest BCUT2D eigenvalue weighted by atomic mass is 10.1. The zero-order valence-corrected chi connectivity index (χ0v) is 9.53. The standard InChI is InChI=1S/C13H13FN2O/c1-9-12(8-17)13(16-15-9)7-4-10-2-5-11(14)6-3-10/h2-3,5-6,8H,4,7H2,1H3,(H,15,16). The molecular weight excluding hydrogens is 219 g/mol. The molecule has 1 N–H and O–H groups in total. The molecule has 3 nitrogen and oxygen atoms in total. The molecule has 0 saturated carbocycles. The van der Waals surface area contributed by atoms with Crippen molar-refractivity contribution in [2.45, 2.75) is 19.8 Å². The van der Waals surface area contributed by atoms with E-state index in [2.05, 4.69) is 10.2 Å². The van der Waals surface area contributed by atoms with E-state index in [1.54, 1.807) is 12.1 Å². The molecule has 0 aliphatic heterocycles. The van der Waals surface area contributed by atoms with Gasteiger partial charge < -0.3 is 0 Å². The summed E-state index contributed by atoms with van der Waals surface area (Å²) in [5, 5.41) is 6.88. The summed E-state index contributed by atoms with van der Waals surface area (Å²) in [6.07, 6.45) is 2.23. The average Bonchev–Trinajstić information content (AvgIpc) is 2.69. The van der Waals surface area contributed by atoms with Crippen LogP contribution < -0.4 is 0 Å². The van der Waals surface area contributed by atoms with Crippen LogP contribution in [0.15, 0.2) is 24.3 Å². The number of nitrogens with zero attached hydrogens (tertiary/aromatic N) is 1. The van der Waals surface area contributed by atoms with Gasteiger partial charge in [0.25, 0.3) is 0 Å². The Morgan fingerprint density at radius 1 is 1.29 bits per heavy atom. The van der Waals surface area contributed by atoms with Gasteiger partial charge in [-0.1, -0.05) is 12.1 Å². The fourth-order valence-electron chi connectivity index (χ4n) is 1.75. The minimum absolute atomic E-state index is 0.238. The molecular formula is C13H13FN2O. The van der Waals surface area contributed by atoms with Gasteiger partial charge in [-0.15, -0.1) is 0 Å². The van der Waals surface area contributed by atoms with Crippen LogP contribution in [0.3, 0.4) is 0 Å². The largest absolute Gasteiger partial charge is 0.298 e. The molecule has 0 aliphatic carbocycles. The van der Waals surface area contributed by atoms with Crippen molar-refractivity contribution < 1.29 is 9.18 Å². The number of hydrogen-bond donors (Lipinski definition) is 1. The normalized spacial score (nSPS) is 10.5. The van der Waals surface area contributed by atoms with Gasteiger partial charge in [0.1, 0.15) is 5.82 Å². The molecule has 0 amide bonds. The van der Waals surface area contributed by atoms with Crippen LogP contribution in [-0.2, 0) is 12.8 Å². The SMILES string of the molecule is Cc1[nH]nc(CCc2ccc(F)cc2)c1C=O. The van der Waals surface area contributed by atoms with Crippen LogP contribution in [0.4, 0.5) is 4.39 Å². The van der Waals surface area contributed by atoms with Gasteiger partial charge in [-0.2, -0.15) is 5.10 Å². The maximum atomic E-state index is 12.7. The molecule has 2 aromatic rings. The fraction of sp³-hybridized carbons (Fsp3) is 0.231. The Hall–Kier alpha value is -1.97. The third-order valence-electron chi connectivity index (χ3n) is 2.76. The molecule has 2 rings (SSSR count). The van der Waals surface area contributed by atoms with Crippen molar-refractivity contribution in [1.29, 1.82) is 0 Å². The highest BCUT2D eigenvalue weighted by molar-refractivity contribution is 5.78. The van der Waals surface area contributed by atoms with E-state index < -0.39 is 0 Å². The zero-order chi connectivity index (χ0) is 12.3. The molecule has 0 aliphatic rings. The number of H-pyrrole nitrogens is 1. The van der Waals surface area contributed by atoms with E-state index in [1.165, 1.54) is 12.1 Å². The van der Waals surface area contributed by atoms with Crippen LogP contribution in [0.25, 0.3) is 0 Å². The molecule has 17 heavy (non-hydrogen) atoms. The Kier molecular flexibility index (Phi) is 3.32. The molecule has 0 radical (unpaired) electrons. The van der Waals surface area contributed by atoms with E-state index in [0.717, 1.165) is 29.7 Å². The summed E-state index contributed by atoms with van der Waals surface area (Å²) in [4.78, 5) is 10.9. The van der Waals surface area contributed by atoms with Crippen molar-refractivity contribution in [2.24, 2.45) is 0 Å². The lowest BCUT2D eigenvalue weighted by Crippen LogP contribution is -1.96. The summed E-state index contributed by atoms with van der Waals surface area (Å²) in [5.41, 5.74) is 3.21. The predicted octanol–water partition coefficient (Wildman–Crippen LogP) is 2.45. The van der Waals surface area contributed by atoms with Crippen molar-refractivity contribution in [3.05, 3.63) is 52.6 Å². The van der Waals surface area contributed by atoms with Gasteiger partial charge in [-0.05, 0) is 37.5 Å². The molecule has 0 bridgehead atoms. The molecule has 0 spiro atoms. The summed E-state index contributed by atoms with van der Waals surface area (Å²) in [7, 11) is 0. The summed E-state index contributed by atoms with van der Waals surface area (Å²) in [5.74, 6) is -0.238. The number of carbonyl (C=O) groups excluding carboxylic acids is 1. The summed E-state index contributed by atoms with van der Waals surface area (Å²) in [6.45, 7) is 1.82. The molecule has 1 heterocycles. The number of benzene rings is 1. The van der Waals surface area contributed by atoms with Crippen LogP contribution in [0, 0.1) is 12.7 Å². The fourth-order valence-corrected chi connectivity index (χ4v) is 1.75. The molecule has 0 unspecified atom stereocenters. The molecule has 1 aromatic heterocycles. The number of aromatic nitrogens is 2. The minimum Gasteiger partial charge on any atom is -0.298 e. The Balaban J connectivity index is 2.07. The van der Waals surface area contributed by atoms with Gasteiger partial charge in [0.15, 0.2) is 6.29 Å². The van der Waals surface area contributed by atoms with Gasteiger partial charge in [0.2, 0.25) is 0 Å². The number of carbonyl (C=O) groups is 1. The van der Waals surface area contributed by atoms with E-state index in [4.69, 9.17) is 0 Å². The number of rotatable bonds is 4. The number of hydrogen-bond acceptors (Lipinski definition) is 2. The van der Waals surface area contributed by atoms with Gasteiger partial charge >= 0.3 is 0 Å². The van der Waals surface area contributed by atoms with Crippen LogP contribution in [0.1, 0.15) is 27.3 Å². The summed E-state index contributed by atoms with van der Waals surface area (Å²) < 4.78 is 12.7.